The predicted molar refractivity (Wildman–Crippen MR) is 256 cm³/mol. The number of amides is 1. The zero-order chi connectivity index (χ0) is 43.9. The monoisotopic (exact) mass is 857 g/mol. The van der Waals surface area contributed by atoms with Crippen molar-refractivity contribution in [3.63, 3.8) is 0 Å². The Kier molecular flexibility index (Phi) is 14.3. The predicted octanol–water partition coefficient (Wildman–Crippen LogP) is 8.56. The molecule has 0 aliphatic carbocycles. The number of carbonyl (C=O) groups excluding carboxylic acids is 1. The first-order valence-electron chi connectivity index (χ1n) is 22.4. The van der Waals surface area contributed by atoms with Gasteiger partial charge in [0, 0.05) is 93.2 Å². The average molecular weight is 858 g/mol. The van der Waals surface area contributed by atoms with Crippen LogP contribution in [-0.4, -0.2) is 97.2 Å². The fraction of sp³-hybridized carbons (Fsp3) is 0.412. The maximum Gasteiger partial charge on any atom is 0.264 e. The number of benzene rings is 4. The maximum atomic E-state index is 12.8. The molecule has 0 bridgehead atoms. The van der Waals surface area contributed by atoms with E-state index in [0.717, 1.165) is 69.9 Å². The van der Waals surface area contributed by atoms with Crippen molar-refractivity contribution in [2.45, 2.75) is 77.0 Å². The van der Waals surface area contributed by atoms with E-state index in [2.05, 4.69) is 163 Å². The summed E-state index contributed by atoms with van der Waals surface area (Å²) in [5.41, 5.74) is 15.8. The second kappa shape index (κ2) is 19.6. The van der Waals surface area contributed by atoms with Crippen molar-refractivity contribution >= 4 is 54.7 Å². The van der Waals surface area contributed by atoms with E-state index in [1.807, 2.05) is 5.01 Å². The number of rotatable bonds is 18. The lowest BCUT2D eigenvalue weighted by Gasteiger charge is -2.34. The third-order valence-corrected chi connectivity index (χ3v) is 13.7. The van der Waals surface area contributed by atoms with Crippen LogP contribution in [0.1, 0.15) is 77.3 Å². The van der Waals surface area contributed by atoms with Crippen LogP contribution in [0.2, 0.25) is 0 Å². The minimum atomic E-state index is -4.00. The number of carbonyl (C=O) groups is 1. The number of anilines is 1. The van der Waals surface area contributed by atoms with E-state index in [0.29, 0.717) is 32.4 Å². The first-order valence-corrected chi connectivity index (χ1v) is 24.0. The Morgan fingerprint density at radius 2 is 1.42 bits per heavy atom. The summed E-state index contributed by atoms with van der Waals surface area (Å²) in [6.45, 7) is 15.8. The maximum absolute atomic E-state index is 12.8. The highest BCUT2D eigenvalue weighted by atomic mass is 32.2. The summed E-state index contributed by atoms with van der Waals surface area (Å²) in [5.74, 6) is -0.140. The number of nitrogens with two attached hydrogens (primary N) is 1. The zero-order valence-corrected chi connectivity index (χ0v) is 37.8. The van der Waals surface area contributed by atoms with Crippen LogP contribution in [0.3, 0.4) is 0 Å². The summed E-state index contributed by atoms with van der Waals surface area (Å²) in [6.07, 6.45) is 19.2. The van der Waals surface area contributed by atoms with E-state index in [1.54, 1.807) is 0 Å². The zero-order valence-electron chi connectivity index (χ0n) is 37.0. The topological polar surface area (TPSA) is 122 Å². The van der Waals surface area contributed by atoms with Crippen LogP contribution in [0.25, 0.3) is 21.5 Å². The van der Waals surface area contributed by atoms with Crippen LogP contribution >= 0.6 is 0 Å². The van der Waals surface area contributed by atoms with Crippen LogP contribution < -0.4 is 16.1 Å². The van der Waals surface area contributed by atoms with E-state index in [4.69, 9.17) is 5.73 Å². The van der Waals surface area contributed by atoms with Crippen molar-refractivity contribution in [3.05, 3.63) is 132 Å². The van der Waals surface area contributed by atoms with Crippen molar-refractivity contribution < 1.29 is 22.3 Å². The Labute approximate surface area is 368 Å². The molecule has 0 atom stereocenters. The van der Waals surface area contributed by atoms with Gasteiger partial charge in [-0.05, 0) is 84.8 Å². The molecule has 4 N–H and O–H groups in total. The van der Waals surface area contributed by atoms with Crippen molar-refractivity contribution in [1.82, 2.24) is 15.3 Å². The van der Waals surface area contributed by atoms with Gasteiger partial charge in [0.2, 0.25) is 11.6 Å². The van der Waals surface area contributed by atoms with E-state index in [9.17, 15) is 17.8 Å². The average Bonchev–Trinajstić information content (AvgIpc) is 3.60. The first-order chi connectivity index (χ1) is 29.8. The van der Waals surface area contributed by atoms with Gasteiger partial charge in [0.15, 0.2) is 5.71 Å². The standard InChI is InChI=1S/C51H64N6O4S/c1-50(2)45(56(43-28-26-39-19-12-14-21-41(39)48(43)50)31-16-8-11-25-47(58)53-55-36-34-54(33-30-52)35-37-55)23-9-6-5-7-10-24-46-51(3,4)49-42-22-15-13-20-40(42)27-29-44(49)57(46)32-17-18-38-62(59,60)61/h5-7,9-10,12-15,19-24,26-29H,8,11,16-18,25,30-38,52H2,1-4H3,(H-,53,58,59,60,61)/p+1. The molecule has 10 nitrogen and oxygen atoms in total. The molecule has 3 aliphatic rings. The fourth-order valence-electron chi connectivity index (χ4n) is 9.82. The molecule has 3 heterocycles. The molecule has 0 unspecified atom stereocenters. The summed E-state index contributed by atoms with van der Waals surface area (Å²) in [7, 11) is -4.00. The summed E-state index contributed by atoms with van der Waals surface area (Å²) >= 11 is 0. The normalized spacial score (nSPS) is 18.7. The number of allylic oxidation sites excluding steroid dienone is 8. The van der Waals surface area contributed by atoms with E-state index < -0.39 is 10.1 Å². The number of nitrogens with zero attached hydrogens (tertiary/aromatic N) is 4. The molecule has 0 saturated carbocycles. The van der Waals surface area contributed by atoms with Crippen molar-refractivity contribution in [3.8, 4) is 0 Å². The number of unbranched alkanes of at least 4 members (excludes halogenated alkanes) is 3. The summed E-state index contributed by atoms with van der Waals surface area (Å²) < 4.78 is 34.7. The summed E-state index contributed by atoms with van der Waals surface area (Å²) in [5, 5.41) is 6.99. The van der Waals surface area contributed by atoms with Gasteiger partial charge in [0.25, 0.3) is 10.1 Å². The highest BCUT2D eigenvalue weighted by molar-refractivity contribution is 7.85. The molecule has 1 saturated heterocycles. The third kappa shape index (κ3) is 10.1. The largest absolute Gasteiger partial charge is 0.344 e. The number of hydrogen-bond donors (Lipinski definition) is 3. The number of hydrazine groups is 1. The van der Waals surface area contributed by atoms with Gasteiger partial charge in [-0.2, -0.15) is 13.0 Å². The van der Waals surface area contributed by atoms with Gasteiger partial charge in [0.05, 0.1) is 11.2 Å². The van der Waals surface area contributed by atoms with Gasteiger partial charge in [0.1, 0.15) is 6.54 Å². The molecule has 0 radical (unpaired) electrons. The minimum absolute atomic E-state index is 0.0976. The van der Waals surface area contributed by atoms with Gasteiger partial charge in [-0.15, -0.1) is 0 Å². The number of hydrogen-bond acceptors (Lipinski definition) is 7. The molecule has 7 rings (SSSR count). The third-order valence-electron chi connectivity index (χ3n) is 12.9. The smallest absolute Gasteiger partial charge is 0.264 e. The molecule has 4 aromatic rings. The quantitative estimate of drug-likeness (QED) is 0.0394. The molecule has 11 heteroatoms. The van der Waals surface area contributed by atoms with Gasteiger partial charge in [-0.3, -0.25) is 19.7 Å². The summed E-state index contributed by atoms with van der Waals surface area (Å²) in [6, 6.07) is 26.0. The fourth-order valence-corrected chi connectivity index (χ4v) is 10.4. The lowest BCUT2D eigenvalue weighted by atomic mass is 9.79. The second-order valence-corrected chi connectivity index (χ2v) is 19.5. The number of piperazine rings is 1. The SMILES string of the molecule is CC1(C)C(/C=C/C=C/C=C/C=C2\N(CCCCS(=O)(=O)O)c3ccc4ccccc4c3C2(C)C)=[N+](CCCCCC(=O)NN2CCN(CCN)CC2)c2ccc3ccccc3c21. The van der Waals surface area contributed by atoms with Gasteiger partial charge >= 0.3 is 0 Å². The second-order valence-electron chi connectivity index (χ2n) is 17.9. The Bertz CT molecular complexity index is 2530. The lowest BCUT2D eigenvalue weighted by molar-refractivity contribution is -0.438. The van der Waals surface area contributed by atoms with Crippen LogP contribution in [0.5, 0.6) is 0 Å². The molecular weight excluding hydrogens is 793 g/mol. The molecule has 4 aromatic carbocycles. The Morgan fingerprint density at radius 3 is 2.13 bits per heavy atom. The molecule has 1 fully saturated rings. The highest BCUT2D eigenvalue weighted by Crippen LogP contribution is 2.51. The molecular formula is C51H65N6O4S+. The van der Waals surface area contributed by atoms with Crippen molar-refractivity contribution in [2.24, 2.45) is 5.73 Å². The Morgan fingerprint density at radius 1 is 0.758 bits per heavy atom. The van der Waals surface area contributed by atoms with Gasteiger partial charge in [-0.1, -0.05) is 98.8 Å². The van der Waals surface area contributed by atoms with E-state index >= 15 is 0 Å². The van der Waals surface area contributed by atoms with Crippen LogP contribution in [0.4, 0.5) is 11.4 Å². The first kappa shape index (κ1) is 45.1. The number of nitrogens with one attached hydrogen (secondary N) is 1. The highest BCUT2D eigenvalue weighted by Gasteiger charge is 2.45. The molecule has 0 aromatic heterocycles. The van der Waals surface area contributed by atoms with Gasteiger partial charge < -0.3 is 10.6 Å². The van der Waals surface area contributed by atoms with Crippen LogP contribution in [0.15, 0.2) is 121 Å². The van der Waals surface area contributed by atoms with Crippen LogP contribution in [-0.2, 0) is 25.7 Å². The van der Waals surface area contributed by atoms with Crippen LogP contribution in [0, 0.1) is 0 Å². The summed E-state index contributed by atoms with van der Waals surface area (Å²) in [4.78, 5) is 17.5. The minimum Gasteiger partial charge on any atom is -0.344 e. The molecule has 0 spiro atoms. The van der Waals surface area contributed by atoms with E-state index in [1.165, 1.54) is 44.1 Å². The molecule has 3 aliphatic heterocycles. The van der Waals surface area contributed by atoms with E-state index in [-0.39, 0.29) is 22.5 Å². The van der Waals surface area contributed by atoms with Crippen molar-refractivity contribution in [1.29, 1.82) is 0 Å². The lowest BCUT2D eigenvalue weighted by Crippen LogP contribution is -2.54. The molecule has 328 valence electrons. The van der Waals surface area contributed by atoms with Gasteiger partial charge in [-0.25, -0.2) is 5.01 Å². The number of fused-ring (bicyclic) bond motifs is 6. The Hall–Kier alpha value is -4.91. The van der Waals surface area contributed by atoms with Crippen molar-refractivity contribution in [2.75, 3.05) is 63.0 Å². The molecule has 62 heavy (non-hydrogen) atoms. The molecule has 1 amide bonds. The Balaban J connectivity index is 1.04.